The molecule has 1 saturated carbocycles. The van der Waals surface area contributed by atoms with E-state index >= 15 is 0 Å². The summed E-state index contributed by atoms with van der Waals surface area (Å²) in [6.07, 6.45) is 5.11. The highest BCUT2D eigenvalue weighted by molar-refractivity contribution is 7.90. The zero-order chi connectivity index (χ0) is 22.6. The van der Waals surface area contributed by atoms with Gasteiger partial charge in [-0.2, -0.15) is 5.06 Å². The van der Waals surface area contributed by atoms with Crippen molar-refractivity contribution < 1.29 is 22.7 Å². The van der Waals surface area contributed by atoms with Gasteiger partial charge in [-0.3, -0.25) is 4.84 Å². The normalized spacial score (nSPS) is 22.7. The smallest absolute Gasteiger partial charge is 0.219 e. The van der Waals surface area contributed by atoms with Crippen molar-refractivity contribution in [3.8, 4) is 11.5 Å². The zero-order valence-corrected chi connectivity index (χ0v) is 19.5. The number of hydrogen-bond donors (Lipinski definition) is 1. The third-order valence-electron chi connectivity index (χ3n) is 6.29. The van der Waals surface area contributed by atoms with Crippen LogP contribution in [-0.2, 0) is 21.5 Å². The van der Waals surface area contributed by atoms with Gasteiger partial charge in [-0.05, 0) is 36.1 Å². The van der Waals surface area contributed by atoms with E-state index in [9.17, 15) is 8.42 Å². The summed E-state index contributed by atoms with van der Waals surface area (Å²) < 4.78 is 40.9. The molecule has 1 N–H and O–H groups in total. The fourth-order valence-electron chi connectivity index (χ4n) is 4.54. The Labute approximate surface area is 190 Å². The lowest BCUT2D eigenvalue weighted by Crippen LogP contribution is -2.44. The van der Waals surface area contributed by atoms with Gasteiger partial charge in [0.25, 0.3) is 0 Å². The Morgan fingerprint density at radius 3 is 2.53 bits per heavy atom. The number of methoxy groups -OCH3 is 1. The Morgan fingerprint density at radius 2 is 1.81 bits per heavy atom. The molecule has 2 aromatic carbocycles. The molecule has 2 aromatic rings. The highest BCUT2D eigenvalue weighted by Crippen LogP contribution is 2.38. The van der Waals surface area contributed by atoms with Crippen molar-refractivity contribution >= 4 is 10.0 Å². The van der Waals surface area contributed by atoms with E-state index in [1.54, 1.807) is 19.2 Å². The maximum Gasteiger partial charge on any atom is 0.219 e. The minimum Gasteiger partial charge on any atom is -0.493 e. The standard InChI is InChI=1S/C24H32N2O5S/c1-26-24(23(17-31-26)32(27,28)25-20-11-7-4-8-12-20)19-13-14-21(22(15-19)29-2)30-16-18-9-5-3-6-10-18/h3,5-6,9-10,13-15,20,23-25H,4,7-8,11-12,16-17H2,1-2H3. The lowest BCUT2D eigenvalue weighted by atomic mass is 9.96. The zero-order valence-electron chi connectivity index (χ0n) is 18.7. The number of rotatable bonds is 8. The molecule has 0 radical (unpaired) electrons. The maximum atomic E-state index is 13.2. The van der Waals surface area contributed by atoms with E-state index in [2.05, 4.69) is 4.72 Å². The molecular weight excluding hydrogens is 428 g/mol. The molecule has 174 valence electrons. The molecule has 1 saturated heterocycles. The molecule has 2 aliphatic rings. The number of nitrogens with one attached hydrogen (secondary N) is 1. The molecule has 2 unspecified atom stereocenters. The molecule has 0 spiro atoms. The second kappa shape index (κ2) is 10.2. The van der Waals surface area contributed by atoms with Gasteiger partial charge < -0.3 is 9.47 Å². The van der Waals surface area contributed by atoms with Crippen LogP contribution in [0.3, 0.4) is 0 Å². The Hall–Kier alpha value is -2.13. The lowest BCUT2D eigenvalue weighted by molar-refractivity contribution is -0.110. The first-order valence-electron chi connectivity index (χ1n) is 11.2. The monoisotopic (exact) mass is 460 g/mol. The van der Waals surface area contributed by atoms with Gasteiger partial charge in [-0.15, -0.1) is 0 Å². The summed E-state index contributed by atoms with van der Waals surface area (Å²) in [5.41, 5.74) is 1.87. The van der Waals surface area contributed by atoms with Gasteiger partial charge in [0.15, 0.2) is 11.5 Å². The number of ether oxygens (including phenoxy) is 2. The van der Waals surface area contributed by atoms with Crippen LogP contribution in [-0.4, -0.2) is 45.5 Å². The SMILES string of the molecule is COc1cc(C2C(S(=O)(=O)NC3CCCCC3)CON2C)ccc1OCc1ccccc1. The van der Waals surface area contributed by atoms with Crippen molar-refractivity contribution in [1.29, 1.82) is 0 Å². The van der Waals surface area contributed by atoms with Gasteiger partial charge in [-0.25, -0.2) is 13.1 Å². The number of hydrogen-bond acceptors (Lipinski definition) is 6. The van der Waals surface area contributed by atoms with E-state index in [1.807, 2.05) is 48.5 Å². The van der Waals surface area contributed by atoms with Gasteiger partial charge in [0.2, 0.25) is 10.0 Å². The van der Waals surface area contributed by atoms with E-state index in [1.165, 1.54) is 6.42 Å². The van der Waals surface area contributed by atoms with Crippen LogP contribution in [0.5, 0.6) is 11.5 Å². The molecule has 2 fully saturated rings. The van der Waals surface area contributed by atoms with E-state index in [0.29, 0.717) is 18.1 Å². The van der Waals surface area contributed by atoms with Crippen LogP contribution in [0, 0.1) is 0 Å². The van der Waals surface area contributed by atoms with Gasteiger partial charge in [-0.1, -0.05) is 55.7 Å². The minimum absolute atomic E-state index is 0.0172. The molecule has 32 heavy (non-hydrogen) atoms. The molecule has 1 aliphatic heterocycles. The first-order valence-corrected chi connectivity index (χ1v) is 12.7. The van der Waals surface area contributed by atoms with Gasteiger partial charge in [0.05, 0.1) is 19.8 Å². The van der Waals surface area contributed by atoms with Crippen molar-refractivity contribution in [2.75, 3.05) is 20.8 Å². The highest BCUT2D eigenvalue weighted by atomic mass is 32.2. The van der Waals surface area contributed by atoms with E-state index in [0.717, 1.165) is 36.8 Å². The average Bonchev–Trinajstić information content (AvgIpc) is 3.21. The summed E-state index contributed by atoms with van der Waals surface area (Å²) in [6, 6.07) is 15.1. The second-order valence-electron chi connectivity index (χ2n) is 8.51. The Morgan fingerprint density at radius 1 is 1.06 bits per heavy atom. The van der Waals surface area contributed by atoms with Crippen LogP contribution in [0.4, 0.5) is 0 Å². The molecule has 0 bridgehead atoms. The summed E-state index contributed by atoms with van der Waals surface area (Å²) in [5.74, 6) is 1.18. The maximum absolute atomic E-state index is 13.2. The summed E-state index contributed by atoms with van der Waals surface area (Å²) in [6.45, 7) is 0.545. The Kier molecular flexibility index (Phi) is 7.35. The van der Waals surface area contributed by atoms with Gasteiger partial charge in [0.1, 0.15) is 11.9 Å². The number of benzene rings is 2. The number of hydroxylamine groups is 2. The number of nitrogens with zero attached hydrogens (tertiary/aromatic N) is 1. The second-order valence-corrected chi connectivity index (χ2v) is 10.4. The first kappa shape index (κ1) is 23.0. The summed E-state index contributed by atoms with van der Waals surface area (Å²) >= 11 is 0. The first-order chi connectivity index (χ1) is 15.5. The topological polar surface area (TPSA) is 77.1 Å². The molecule has 7 nitrogen and oxygen atoms in total. The highest BCUT2D eigenvalue weighted by Gasteiger charge is 2.44. The van der Waals surface area contributed by atoms with Crippen LogP contribution >= 0.6 is 0 Å². The van der Waals surface area contributed by atoms with E-state index in [4.69, 9.17) is 14.3 Å². The molecule has 1 heterocycles. The van der Waals surface area contributed by atoms with Crippen LogP contribution < -0.4 is 14.2 Å². The van der Waals surface area contributed by atoms with Crippen LogP contribution in [0.2, 0.25) is 0 Å². The number of sulfonamides is 1. The molecular formula is C24H32N2O5S. The van der Waals surface area contributed by atoms with Crippen molar-refractivity contribution in [2.24, 2.45) is 0 Å². The van der Waals surface area contributed by atoms with Crippen LogP contribution in [0.15, 0.2) is 48.5 Å². The fourth-order valence-corrected chi connectivity index (χ4v) is 6.33. The third kappa shape index (κ3) is 5.26. The molecule has 2 atom stereocenters. The molecule has 1 aliphatic carbocycles. The van der Waals surface area contributed by atoms with E-state index in [-0.39, 0.29) is 12.6 Å². The van der Waals surface area contributed by atoms with Crippen molar-refractivity contribution in [3.05, 3.63) is 59.7 Å². The van der Waals surface area contributed by atoms with Gasteiger partial charge in [0, 0.05) is 13.1 Å². The summed E-state index contributed by atoms with van der Waals surface area (Å²) in [7, 11) is -0.198. The molecule has 4 rings (SSSR count). The van der Waals surface area contributed by atoms with Crippen LogP contribution in [0.25, 0.3) is 0 Å². The predicted octanol–water partition coefficient (Wildman–Crippen LogP) is 3.81. The van der Waals surface area contributed by atoms with E-state index < -0.39 is 21.3 Å². The largest absolute Gasteiger partial charge is 0.493 e. The minimum atomic E-state index is -3.55. The summed E-state index contributed by atoms with van der Waals surface area (Å²) in [5, 5.41) is 0.930. The van der Waals surface area contributed by atoms with Crippen molar-refractivity contribution in [3.63, 3.8) is 0 Å². The van der Waals surface area contributed by atoms with Gasteiger partial charge >= 0.3 is 0 Å². The average molecular weight is 461 g/mol. The Balaban J connectivity index is 1.52. The third-order valence-corrected chi connectivity index (χ3v) is 8.14. The quantitative estimate of drug-likeness (QED) is 0.646. The molecule has 0 amide bonds. The van der Waals surface area contributed by atoms with Crippen LogP contribution in [0.1, 0.15) is 49.3 Å². The lowest BCUT2D eigenvalue weighted by Gasteiger charge is -2.27. The molecule has 8 heteroatoms. The Bertz CT molecular complexity index is 993. The fraction of sp³-hybridized carbons (Fsp3) is 0.500. The summed E-state index contributed by atoms with van der Waals surface area (Å²) in [4.78, 5) is 5.66. The molecule has 0 aromatic heterocycles. The predicted molar refractivity (Wildman–Crippen MR) is 123 cm³/mol. The van der Waals surface area contributed by atoms with Crippen molar-refractivity contribution in [1.82, 2.24) is 9.79 Å². The van der Waals surface area contributed by atoms with Crippen molar-refractivity contribution in [2.45, 2.75) is 56.0 Å².